The first-order valence-electron chi connectivity index (χ1n) is 8.50. The fraction of sp³-hybridized carbons (Fsp3) is 0.529. The first-order valence-corrected chi connectivity index (χ1v) is 9.94. The topological polar surface area (TPSA) is 88.3 Å². The van der Waals surface area contributed by atoms with Crippen LogP contribution in [0.3, 0.4) is 0 Å². The zero-order chi connectivity index (χ0) is 18.0. The largest absolute Gasteiger partial charge is 0.338 e. The van der Waals surface area contributed by atoms with Gasteiger partial charge in [-0.2, -0.15) is 9.29 Å². The quantitative estimate of drug-likeness (QED) is 0.801. The highest BCUT2D eigenvalue weighted by Crippen LogP contribution is 2.35. The highest BCUT2D eigenvalue weighted by Gasteiger charge is 2.39. The maximum Gasteiger partial charge on any atom is 0.245 e. The van der Waals surface area contributed by atoms with E-state index in [-0.39, 0.29) is 18.4 Å². The van der Waals surface area contributed by atoms with Crippen LogP contribution < -0.4 is 5.32 Å². The van der Waals surface area contributed by atoms with E-state index in [1.807, 2.05) is 33.0 Å². The minimum absolute atomic E-state index is 0. The van der Waals surface area contributed by atoms with Crippen LogP contribution in [0.15, 0.2) is 33.7 Å². The lowest BCUT2D eigenvalue weighted by atomic mass is 10.2. The van der Waals surface area contributed by atoms with Gasteiger partial charge in [-0.1, -0.05) is 22.9 Å². The summed E-state index contributed by atoms with van der Waals surface area (Å²) in [5.74, 6) is 0.975. The predicted octanol–water partition coefficient (Wildman–Crippen LogP) is 2.48. The molecule has 2 atom stereocenters. The van der Waals surface area contributed by atoms with Crippen molar-refractivity contribution in [2.75, 3.05) is 13.6 Å². The Balaban J connectivity index is 0.00000243. The first kappa shape index (κ1) is 20.8. The van der Waals surface area contributed by atoms with E-state index in [0.29, 0.717) is 36.0 Å². The number of hydrogen-bond acceptors (Lipinski definition) is 6. The van der Waals surface area contributed by atoms with Gasteiger partial charge in [-0.05, 0) is 45.9 Å². The molecule has 1 fully saturated rings. The van der Waals surface area contributed by atoms with Crippen molar-refractivity contribution < 1.29 is 12.9 Å². The Labute approximate surface area is 160 Å². The molecule has 9 heteroatoms. The number of nitrogens with one attached hydrogen (secondary N) is 1. The second kappa shape index (κ2) is 8.47. The Morgan fingerprint density at radius 2 is 2.04 bits per heavy atom. The molecule has 1 aromatic carbocycles. The molecule has 1 N–H and O–H groups in total. The molecule has 144 valence electrons. The fourth-order valence-corrected chi connectivity index (χ4v) is 4.63. The van der Waals surface area contributed by atoms with Gasteiger partial charge in [0.15, 0.2) is 5.82 Å². The van der Waals surface area contributed by atoms with Crippen molar-refractivity contribution in [1.82, 2.24) is 19.8 Å². The molecule has 1 aliphatic rings. The lowest BCUT2D eigenvalue weighted by Gasteiger charge is -2.21. The van der Waals surface area contributed by atoms with Gasteiger partial charge >= 0.3 is 0 Å². The number of aryl methyl sites for hydroxylation is 1. The lowest BCUT2D eigenvalue weighted by Crippen LogP contribution is -2.31. The van der Waals surface area contributed by atoms with Crippen LogP contribution in [0.25, 0.3) is 0 Å². The van der Waals surface area contributed by atoms with Gasteiger partial charge in [-0.3, -0.25) is 0 Å². The highest BCUT2D eigenvalue weighted by atomic mass is 35.5. The molecule has 2 unspecified atom stereocenters. The van der Waals surface area contributed by atoms with Crippen molar-refractivity contribution in [1.29, 1.82) is 0 Å². The molecule has 2 aromatic rings. The number of likely N-dealkylation sites (N-methyl/N-ethyl adjacent to an activating group) is 1. The van der Waals surface area contributed by atoms with Crippen molar-refractivity contribution in [2.24, 2.45) is 0 Å². The number of benzene rings is 1. The van der Waals surface area contributed by atoms with E-state index < -0.39 is 16.1 Å². The van der Waals surface area contributed by atoms with Crippen LogP contribution in [-0.2, 0) is 16.4 Å². The number of rotatable bonds is 6. The van der Waals surface area contributed by atoms with Crippen LogP contribution in [0, 0.1) is 6.92 Å². The van der Waals surface area contributed by atoms with Gasteiger partial charge in [0.05, 0.1) is 4.90 Å². The Kier molecular flexibility index (Phi) is 6.79. The predicted molar refractivity (Wildman–Crippen MR) is 101 cm³/mol. The second-order valence-corrected chi connectivity index (χ2v) is 8.42. The monoisotopic (exact) mass is 400 g/mol. The number of sulfonamides is 1. The lowest BCUT2D eigenvalue weighted by molar-refractivity contribution is 0.289. The highest BCUT2D eigenvalue weighted by molar-refractivity contribution is 7.89. The molecular weight excluding hydrogens is 376 g/mol. The molecule has 0 saturated carbocycles. The van der Waals surface area contributed by atoms with Gasteiger partial charge in [0.25, 0.3) is 0 Å². The summed E-state index contributed by atoms with van der Waals surface area (Å²) in [5, 5.41) is 7.13. The summed E-state index contributed by atoms with van der Waals surface area (Å²) >= 11 is 0. The third kappa shape index (κ3) is 4.25. The van der Waals surface area contributed by atoms with Crippen molar-refractivity contribution in [3.05, 3.63) is 41.5 Å². The van der Waals surface area contributed by atoms with Gasteiger partial charge < -0.3 is 9.84 Å². The molecule has 1 aliphatic heterocycles. The summed E-state index contributed by atoms with van der Waals surface area (Å²) in [6.07, 6.45) is 2.10. The molecule has 0 bridgehead atoms. The van der Waals surface area contributed by atoms with E-state index in [1.165, 1.54) is 4.31 Å². The Bertz CT molecular complexity index is 823. The zero-order valence-electron chi connectivity index (χ0n) is 15.2. The number of halogens is 1. The minimum Gasteiger partial charge on any atom is -0.338 e. The SMILES string of the molecule is CNC(C)Cc1noc(C2CCCN2S(=O)(=O)c2ccc(C)cc2)n1.Cl. The van der Waals surface area contributed by atoms with Crippen LogP contribution in [0.4, 0.5) is 0 Å². The maximum absolute atomic E-state index is 13.0. The summed E-state index contributed by atoms with van der Waals surface area (Å²) < 4.78 is 32.8. The molecule has 0 spiro atoms. The van der Waals surface area contributed by atoms with Crippen molar-refractivity contribution >= 4 is 22.4 Å². The van der Waals surface area contributed by atoms with Gasteiger partial charge in [0.2, 0.25) is 15.9 Å². The van der Waals surface area contributed by atoms with Crippen LogP contribution in [-0.4, -0.2) is 42.5 Å². The van der Waals surface area contributed by atoms with E-state index in [1.54, 1.807) is 12.1 Å². The minimum atomic E-state index is -3.58. The van der Waals surface area contributed by atoms with E-state index in [2.05, 4.69) is 15.5 Å². The average molecular weight is 401 g/mol. The van der Waals surface area contributed by atoms with E-state index in [0.717, 1.165) is 12.0 Å². The number of nitrogens with zero attached hydrogens (tertiary/aromatic N) is 3. The zero-order valence-corrected chi connectivity index (χ0v) is 16.8. The molecule has 2 heterocycles. The molecule has 0 amide bonds. The van der Waals surface area contributed by atoms with Gasteiger partial charge in [0, 0.05) is 19.0 Å². The smallest absolute Gasteiger partial charge is 0.245 e. The van der Waals surface area contributed by atoms with Crippen LogP contribution >= 0.6 is 12.4 Å². The summed E-state index contributed by atoms with van der Waals surface area (Å²) in [7, 11) is -1.70. The third-order valence-corrected chi connectivity index (χ3v) is 6.50. The molecule has 3 rings (SSSR count). The van der Waals surface area contributed by atoms with Crippen molar-refractivity contribution in [3.8, 4) is 0 Å². The molecule has 1 aromatic heterocycles. The molecule has 1 saturated heterocycles. The molecule has 7 nitrogen and oxygen atoms in total. The molecule has 0 radical (unpaired) electrons. The molecular formula is C17H25ClN4O3S. The average Bonchev–Trinajstić information content (AvgIpc) is 3.24. The third-order valence-electron chi connectivity index (χ3n) is 4.58. The second-order valence-electron chi connectivity index (χ2n) is 6.53. The van der Waals surface area contributed by atoms with Crippen molar-refractivity contribution in [3.63, 3.8) is 0 Å². The van der Waals surface area contributed by atoms with E-state index in [4.69, 9.17) is 4.52 Å². The van der Waals surface area contributed by atoms with Crippen LogP contribution in [0.1, 0.15) is 43.1 Å². The van der Waals surface area contributed by atoms with Gasteiger partial charge in [-0.15, -0.1) is 12.4 Å². The van der Waals surface area contributed by atoms with E-state index in [9.17, 15) is 8.42 Å². The summed E-state index contributed by atoms with van der Waals surface area (Å²) in [6.45, 7) is 4.42. The summed E-state index contributed by atoms with van der Waals surface area (Å²) in [5.41, 5.74) is 1.03. The number of aromatic nitrogens is 2. The normalized spacial score (nSPS) is 19.3. The van der Waals surface area contributed by atoms with Crippen molar-refractivity contribution in [2.45, 2.75) is 50.1 Å². The maximum atomic E-state index is 13.0. The standard InChI is InChI=1S/C17H24N4O3S.ClH/c1-12-6-8-14(9-7-12)25(22,23)21-10-4-5-15(21)17-19-16(20-24-17)11-13(2)18-3;/h6-9,13,15,18H,4-5,10-11H2,1-3H3;1H. The molecule has 26 heavy (non-hydrogen) atoms. The van der Waals surface area contributed by atoms with Gasteiger partial charge in [-0.25, -0.2) is 8.42 Å². The molecule has 0 aliphatic carbocycles. The summed E-state index contributed by atoms with van der Waals surface area (Å²) in [4.78, 5) is 4.73. The Morgan fingerprint density at radius 1 is 1.35 bits per heavy atom. The Hall–Kier alpha value is -1.48. The first-order chi connectivity index (χ1) is 11.9. The van der Waals surface area contributed by atoms with Crippen LogP contribution in [0.5, 0.6) is 0 Å². The number of hydrogen-bond donors (Lipinski definition) is 1. The van der Waals surface area contributed by atoms with E-state index >= 15 is 0 Å². The summed E-state index contributed by atoms with van der Waals surface area (Å²) in [6, 6.07) is 6.74. The Morgan fingerprint density at radius 3 is 2.69 bits per heavy atom. The van der Waals surface area contributed by atoms with Crippen LogP contribution in [0.2, 0.25) is 0 Å². The fourth-order valence-electron chi connectivity index (χ4n) is 2.98. The van der Waals surface area contributed by atoms with Gasteiger partial charge in [0.1, 0.15) is 6.04 Å².